The van der Waals surface area contributed by atoms with Gasteiger partial charge in [0.2, 0.25) is 5.78 Å². The van der Waals surface area contributed by atoms with Crippen molar-refractivity contribution in [2.75, 3.05) is 20.8 Å². The van der Waals surface area contributed by atoms with E-state index >= 15 is 0 Å². The third kappa shape index (κ3) is 3.19. The summed E-state index contributed by atoms with van der Waals surface area (Å²) in [5, 5.41) is 8.99. The fourth-order valence-corrected chi connectivity index (χ4v) is 2.80. The highest BCUT2D eigenvalue weighted by Crippen LogP contribution is 2.36. The van der Waals surface area contributed by atoms with Crippen molar-refractivity contribution in [2.24, 2.45) is 0 Å². The van der Waals surface area contributed by atoms with Gasteiger partial charge in [0.25, 0.3) is 0 Å². The second-order valence-corrected chi connectivity index (χ2v) is 5.32. The van der Waals surface area contributed by atoms with Gasteiger partial charge in [0, 0.05) is 29.4 Å². The summed E-state index contributed by atoms with van der Waals surface area (Å²) in [5.74, 6) is 5.52. The molecule has 0 bridgehead atoms. The maximum atomic E-state index is 12.5. The van der Waals surface area contributed by atoms with E-state index in [2.05, 4.69) is 11.8 Å². The summed E-state index contributed by atoms with van der Waals surface area (Å²) in [6, 6.07) is 1.63. The Morgan fingerprint density at radius 1 is 1.17 bits per heavy atom. The van der Waals surface area contributed by atoms with Crippen LogP contribution in [0.25, 0.3) is 0 Å². The van der Waals surface area contributed by atoms with Gasteiger partial charge in [-0.25, -0.2) is 0 Å². The molecule has 24 heavy (non-hydrogen) atoms. The lowest BCUT2D eigenvalue weighted by atomic mass is 9.86. The zero-order valence-corrected chi connectivity index (χ0v) is 14.1. The van der Waals surface area contributed by atoms with E-state index < -0.39 is 0 Å². The minimum atomic E-state index is -0.355. The number of benzene rings is 1. The zero-order chi connectivity index (χ0) is 17.7. The molecule has 0 unspecified atom stereocenters. The SMILES string of the molecule is CC#Cc1cc2c(c(OC)c1CCCCO)C(=O)C=C(OC)C2=O. The van der Waals surface area contributed by atoms with Gasteiger partial charge < -0.3 is 14.6 Å². The first kappa shape index (κ1) is 17.8. The molecule has 1 aromatic rings. The lowest BCUT2D eigenvalue weighted by molar-refractivity contribution is 0.0915. The first-order valence-corrected chi connectivity index (χ1v) is 7.71. The number of rotatable bonds is 6. The van der Waals surface area contributed by atoms with Crippen LogP contribution in [0.2, 0.25) is 0 Å². The first-order chi connectivity index (χ1) is 11.6. The van der Waals surface area contributed by atoms with Gasteiger partial charge in [-0.3, -0.25) is 9.59 Å². The van der Waals surface area contributed by atoms with Crippen LogP contribution in [0.4, 0.5) is 0 Å². The number of aliphatic hydroxyl groups is 1. The number of hydrogen-bond donors (Lipinski definition) is 1. The van der Waals surface area contributed by atoms with Crippen LogP contribution in [0.15, 0.2) is 17.9 Å². The topological polar surface area (TPSA) is 72.8 Å². The van der Waals surface area contributed by atoms with E-state index in [1.165, 1.54) is 20.3 Å². The van der Waals surface area contributed by atoms with E-state index in [0.717, 1.165) is 12.0 Å². The Balaban J connectivity index is 2.67. The standard InChI is InChI=1S/C19H20O5/c1-4-7-12-10-14-17(15(21)11-16(23-2)18(14)22)19(24-3)13(12)8-5-6-9-20/h10-11,20H,5-6,8-9H2,1-3H3. The summed E-state index contributed by atoms with van der Waals surface area (Å²) in [6.45, 7) is 1.80. The predicted molar refractivity (Wildman–Crippen MR) is 89.3 cm³/mol. The predicted octanol–water partition coefficient (Wildman–Crippen LogP) is 2.29. The molecular formula is C19H20O5. The Kier molecular flexibility index (Phi) is 5.78. The minimum absolute atomic E-state index is 0.0120. The molecule has 5 heteroatoms. The maximum Gasteiger partial charge on any atom is 0.228 e. The van der Waals surface area contributed by atoms with Crippen molar-refractivity contribution < 1.29 is 24.2 Å². The van der Waals surface area contributed by atoms with Gasteiger partial charge in [0.15, 0.2) is 11.5 Å². The van der Waals surface area contributed by atoms with Crippen molar-refractivity contribution in [3.8, 4) is 17.6 Å². The number of fused-ring (bicyclic) bond motifs is 1. The van der Waals surface area contributed by atoms with Crippen LogP contribution in [0, 0.1) is 11.8 Å². The molecule has 126 valence electrons. The van der Waals surface area contributed by atoms with Crippen LogP contribution in [-0.4, -0.2) is 37.5 Å². The summed E-state index contributed by atoms with van der Waals surface area (Å²) >= 11 is 0. The molecule has 0 saturated heterocycles. The second kappa shape index (κ2) is 7.80. The van der Waals surface area contributed by atoms with Crippen molar-refractivity contribution in [2.45, 2.75) is 26.2 Å². The van der Waals surface area contributed by atoms with Crippen molar-refractivity contribution in [1.82, 2.24) is 0 Å². The van der Waals surface area contributed by atoms with Gasteiger partial charge in [-0.15, -0.1) is 5.92 Å². The fraction of sp³-hybridized carbons (Fsp3) is 0.368. The van der Waals surface area contributed by atoms with Gasteiger partial charge >= 0.3 is 0 Å². The quantitative estimate of drug-likeness (QED) is 0.641. The van der Waals surface area contributed by atoms with Crippen LogP contribution in [-0.2, 0) is 11.2 Å². The monoisotopic (exact) mass is 328 g/mol. The molecule has 0 heterocycles. The van der Waals surface area contributed by atoms with Crippen LogP contribution in [0.5, 0.6) is 5.75 Å². The summed E-state index contributed by atoms with van der Waals surface area (Å²) in [7, 11) is 2.83. The Bertz CT molecular complexity index is 762. The molecule has 2 rings (SSSR count). The van der Waals surface area contributed by atoms with Crippen LogP contribution in [0.3, 0.4) is 0 Å². The molecule has 0 fully saturated rings. The molecule has 0 aliphatic heterocycles. The van der Waals surface area contributed by atoms with Crippen molar-refractivity contribution in [1.29, 1.82) is 0 Å². The Morgan fingerprint density at radius 2 is 1.92 bits per heavy atom. The number of allylic oxidation sites excluding steroid dienone is 2. The molecule has 0 radical (unpaired) electrons. The van der Waals surface area contributed by atoms with Gasteiger partial charge in [0.1, 0.15) is 5.75 Å². The zero-order valence-electron chi connectivity index (χ0n) is 14.1. The molecular weight excluding hydrogens is 308 g/mol. The number of aliphatic hydroxyl groups excluding tert-OH is 1. The van der Waals surface area contributed by atoms with E-state index in [4.69, 9.17) is 14.6 Å². The minimum Gasteiger partial charge on any atom is -0.496 e. The molecule has 0 aromatic heterocycles. The highest BCUT2D eigenvalue weighted by molar-refractivity contribution is 6.25. The highest BCUT2D eigenvalue weighted by atomic mass is 16.5. The Hall–Kier alpha value is -2.58. The summed E-state index contributed by atoms with van der Waals surface area (Å²) in [6.07, 6.45) is 3.16. The third-order valence-electron chi connectivity index (χ3n) is 3.88. The van der Waals surface area contributed by atoms with Crippen LogP contribution in [0.1, 0.15) is 51.6 Å². The van der Waals surface area contributed by atoms with Crippen molar-refractivity contribution in [3.05, 3.63) is 40.2 Å². The van der Waals surface area contributed by atoms with E-state index in [0.29, 0.717) is 24.2 Å². The number of hydrogen-bond acceptors (Lipinski definition) is 5. The summed E-state index contributed by atoms with van der Waals surface area (Å²) in [5.41, 5.74) is 1.95. The smallest absolute Gasteiger partial charge is 0.228 e. The number of carbonyl (C=O) groups is 2. The van der Waals surface area contributed by atoms with Gasteiger partial charge in [-0.2, -0.15) is 0 Å². The number of carbonyl (C=O) groups excluding carboxylic acids is 2. The van der Waals surface area contributed by atoms with Crippen LogP contribution >= 0.6 is 0 Å². The number of methoxy groups -OCH3 is 2. The Labute approximate surface area is 141 Å². The molecule has 1 aliphatic rings. The van der Waals surface area contributed by atoms with Crippen LogP contribution < -0.4 is 4.74 Å². The molecule has 0 saturated carbocycles. The van der Waals surface area contributed by atoms with Gasteiger partial charge in [-0.05, 0) is 32.3 Å². The van der Waals surface area contributed by atoms with Gasteiger partial charge in [0.05, 0.1) is 19.8 Å². The summed E-state index contributed by atoms with van der Waals surface area (Å²) < 4.78 is 10.5. The highest BCUT2D eigenvalue weighted by Gasteiger charge is 2.32. The molecule has 0 spiro atoms. The molecule has 0 atom stereocenters. The Morgan fingerprint density at radius 3 is 2.50 bits per heavy atom. The maximum absolute atomic E-state index is 12.5. The molecule has 1 aromatic carbocycles. The molecule has 5 nitrogen and oxygen atoms in total. The van der Waals surface area contributed by atoms with E-state index in [9.17, 15) is 9.59 Å². The average molecular weight is 328 g/mol. The summed E-state index contributed by atoms with van der Waals surface area (Å²) in [4.78, 5) is 25.0. The molecule has 0 amide bonds. The normalized spacial score (nSPS) is 12.9. The average Bonchev–Trinajstić information content (AvgIpc) is 2.58. The number of ether oxygens (including phenoxy) is 2. The largest absolute Gasteiger partial charge is 0.496 e. The van der Waals surface area contributed by atoms with E-state index in [1.807, 2.05) is 0 Å². The van der Waals surface area contributed by atoms with E-state index in [1.54, 1.807) is 13.0 Å². The van der Waals surface area contributed by atoms with Crippen molar-refractivity contribution in [3.63, 3.8) is 0 Å². The lowest BCUT2D eigenvalue weighted by Crippen LogP contribution is -2.20. The fourth-order valence-electron chi connectivity index (χ4n) is 2.80. The lowest BCUT2D eigenvalue weighted by Gasteiger charge is -2.21. The van der Waals surface area contributed by atoms with E-state index in [-0.39, 0.29) is 35.1 Å². The first-order valence-electron chi connectivity index (χ1n) is 7.71. The number of unbranched alkanes of at least 4 members (excludes halogenated alkanes) is 1. The molecule has 1 N–H and O–H groups in total. The van der Waals surface area contributed by atoms with Gasteiger partial charge in [-0.1, -0.05) is 5.92 Å². The van der Waals surface area contributed by atoms with Crippen molar-refractivity contribution >= 4 is 11.6 Å². The number of Topliss-reactive ketones (excluding diaryl/α,β-unsaturated/α-hetero) is 1. The third-order valence-corrected chi connectivity index (χ3v) is 3.88. The number of ketones is 2. The second-order valence-electron chi connectivity index (χ2n) is 5.32. The molecule has 1 aliphatic carbocycles.